The predicted octanol–water partition coefficient (Wildman–Crippen LogP) is 0.619. The van der Waals surface area contributed by atoms with Crippen LogP contribution in [0.2, 0.25) is 0 Å². The molecule has 0 spiro atoms. The van der Waals surface area contributed by atoms with Crippen molar-refractivity contribution in [1.29, 1.82) is 0 Å². The van der Waals surface area contributed by atoms with E-state index in [1.165, 1.54) is 11.6 Å². The van der Waals surface area contributed by atoms with Gasteiger partial charge in [0, 0.05) is 5.69 Å². The van der Waals surface area contributed by atoms with Crippen LogP contribution in [0.5, 0.6) is 0 Å². The molecule has 0 saturated heterocycles. The molecule has 2 aromatic rings. The van der Waals surface area contributed by atoms with Gasteiger partial charge in [-0.05, 0) is 18.2 Å². The highest BCUT2D eigenvalue weighted by molar-refractivity contribution is 7.93. The summed E-state index contributed by atoms with van der Waals surface area (Å²) in [6, 6.07) is 3.52. The normalized spacial score (nSPS) is 11.2. The number of carbonyl (C=O) groups is 1. The van der Waals surface area contributed by atoms with Crippen molar-refractivity contribution in [3.05, 3.63) is 29.3 Å². The molecule has 0 aliphatic rings. The van der Waals surface area contributed by atoms with Crippen LogP contribution in [0.4, 0.5) is 10.8 Å². The topological polar surface area (TPSA) is 135 Å². The standard InChI is InChI=1S/C9H8N4O4S2/c10-5-1-2-6(8(14)15)7(3-5)19(16,17)13-9-12-11-4-18-9/h1-4H,10H2,(H,12,13)(H,14,15). The van der Waals surface area contributed by atoms with E-state index in [0.717, 1.165) is 23.5 Å². The lowest BCUT2D eigenvalue weighted by molar-refractivity contribution is 0.0692. The van der Waals surface area contributed by atoms with Crippen molar-refractivity contribution in [2.45, 2.75) is 4.90 Å². The molecule has 19 heavy (non-hydrogen) atoms. The maximum Gasteiger partial charge on any atom is 0.337 e. The van der Waals surface area contributed by atoms with Gasteiger partial charge in [-0.15, -0.1) is 10.2 Å². The Hall–Kier alpha value is -2.20. The van der Waals surface area contributed by atoms with Crippen molar-refractivity contribution in [3.8, 4) is 0 Å². The van der Waals surface area contributed by atoms with Gasteiger partial charge < -0.3 is 10.8 Å². The number of carboxylic acid groups (broad SMARTS) is 1. The smallest absolute Gasteiger partial charge is 0.337 e. The number of rotatable bonds is 4. The second-order valence-corrected chi connectivity index (χ2v) is 5.89. The summed E-state index contributed by atoms with van der Waals surface area (Å²) < 4.78 is 26.3. The minimum Gasteiger partial charge on any atom is -0.478 e. The van der Waals surface area contributed by atoms with Gasteiger partial charge in [0.05, 0.1) is 5.56 Å². The molecule has 0 bridgehead atoms. The minimum atomic E-state index is -4.08. The average Bonchev–Trinajstić information content (AvgIpc) is 2.80. The summed E-state index contributed by atoms with van der Waals surface area (Å²) in [5.41, 5.74) is 6.60. The molecule has 4 N–H and O–H groups in total. The Morgan fingerprint density at radius 3 is 2.74 bits per heavy atom. The molecule has 1 aromatic carbocycles. The average molecular weight is 300 g/mol. The fourth-order valence-corrected chi connectivity index (χ4v) is 3.25. The highest BCUT2D eigenvalue weighted by Crippen LogP contribution is 2.22. The summed E-state index contributed by atoms with van der Waals surface area (Å²) in [6.07, 6.45) is 0. The van der Waals surface area contributed by atoms with Gasteiger partial charge in [0.1, 0.15) is 10.4 Å². The number of hydrogen-bond acceptors (Lipinski definition) is 7. The number of nitrogens with zero attached hydrogens (tertiary/aromatic N) is 2. The number of nitrogens with one attached hydrogen (secondary N) is 1. The van der Waals surface area contributed by atoms with Crippen LogP contribution in [0.25, 0.3) is 0 Å². The first-order valence-corrected chi connectivity index (χ1v) is 7.18. The fraction of sp³-hybridized carbons (Fsp3) is 0. The Balaban J connectivity index is 2.50. The minimum absolute atomic E-state index is 0.0405. The molecule has 0 unspecified atom stereocenters. The van der Waals surface area contributed by atoms with Gasteiger partial charge >= 0.3 is 5.97 Å². The van der Waals surface area contributed by atoms with E-state index in [0.29, 0.717) is 0 Å². The van der Waals surface area contributed by atoms with E-state index in [9.17, 15) is 13.2 Å². The molecule has 2 rings (SSSR count). The molecule has 0 aliphatic heterocycles. The van der Waals surface area contributed by atoms with Gasteiger partial charge in [-0.3, -0.25) is 4.72 Å². The zero-order chi connectivity index (χ0) is 14.0. The Morgan fingerprint density at radius 2 is 2.16 bits per heavy atom. The Labute approximate surface area is 112 Å². The quantitative estimate of drug-likeness (QED) is 0.704. The number of anilines is 2. The van der Waals surface area contributed by atoms with Crippen LogP contribution in [0, 0.1) is 0 Å². The Kier molecular flexibility index (Phi) is 3.36. The molecule has 10 heteroatoms. The lowest BCUT2D eigenvalue weighted by atomic mass is 10.2. The first-order chi connectivity index (χ1) is 8.90. The van der Waals surface area contributed by atoms with E-state index in [4.69, 9.17) is 10.8 Å². The predicted molar refractivity (Wildman–Crippen MR) is 68.5 cm³/mol. The molecule has 0 fully saturated rings. The molecule has 0 amide bonds. The lowest BCUT2D eigenvalue weighted by Gasteiger charge is -2.08. The number of nitrogens with two attached hydrogens (primary N) is 1. The van der Waals surface area contributed by atoms with Crippen molar-refractivity contribution < 1.29 is 18.3 Å². The van der Waals surface area contributed by atoms with Crippen LogP contribution < -0.4 is 10.5 Å². The zero-order valence-electron chi connectivity index (χ0n) is 9.27. The summed E-state index contributed by atoms with van der Waals surface area (Å²) in [7, 11) is -4.08. The first kappa shape index (κ1) is 13.2. The second-order valence-electron chi connectivity index (χ2n) is 3.41. The van der Waals surface area contributed by atoms with Gasteiger partial charge in [0.2, 0.25) is 5.13 Å². The number of aromatic nitrogens is 2. The van der Waals surface area contributed by atoms with E-state index in [2.05, 4.69) is 14.9 Å². The zero-order valence-corrected chi connectivity index (χ0v) is 10.9. The van der Waals surface area contributed by atoms with Crippen LogP contribution >= 0.6 is 11.3 Å². The Morgan fingerprint density at radius 1 is 1.42 bits per heavy atom. The van der Waals surface area contributed by atoms with E-state index in [1.807, 2.05) is 0 Å². The van der Waals surface area contributed by atoms with Gasteiger partial charge in [-0.25, -0.2) is 13.2 Å². The maximum absolute atomic E-state index is 12.1. The van der Waals surface area contributed by atoms with E-state index >= 15 is 0 Å². The van der Waals surface area contributed by atoms with Crippen molar-refractivity contribution in [3.63, 3.8) is 0 Å². The van der Waals surface area contributed by atoms with Gasteiger partial charge in [0.25, 0.3) is 10.0 Å². The third-order valence-electron chi connectivity index (χ3n) is 2.11. The van der Waals surface area contributed by atoms with Crippen LogP contribution in [0.1, 0.15) is 10.4 Å². The lowest BCUT2D eigenvalue weighted by Crippen LogP contribution is -2.17. The van der Waals surface area contributed by atoms with E-state index in [-0.39, 0.29) is 16.4 Å². The molecule has 8 nitrogen and oxygen atoms in total. The number of aromatic carboxylic acids is 1. The van der Waals surface area contributed by atoms with E-state index in [1.54, 1.807) is 0 Å². The molecular formula is C9H8N4O4S2. The van der Waals surface area contributed by atoms with Crippen molar-refractivity contribution in [1.82, 2.24) is 10.2 Å². The molecule has 0 radical (unpaired) electrons. The largest absolute Gasteiger partial charge is 0.478 e. The highest BCUT2D eigenvalue weighted by atomic mass is 32.2. The van der Waals surface area contributed by atoms with Crippen LogP contribution in [0.3, 0.4) is 0 Å². The van der Waals surface area contributed by atoms with Crippen LogP contribution in [-0.4, -0.2) is 29.7 Å². The molecular weight excluding hydrogens is 292 g/mol. The second kappa shape index (κ2) is 4.82. The Bertz CT molecular complexity index is 712. The summed E-state index contributed by atoms with van der Waals surface area (Å²) >= 11 is 0.972. The van der Waals surface area contributed by atoms with Crippen molar-refractivity contribution >= 4 is 38.1 Å². The first-order valence-electron chi connectivity index (χ1n) is 4.82. The van der Waals surface area contributed by atoms with Gasteiger partial charge in [-0.2, -0.15) is 0 Å². The van der Waals surface area contributed by atoms with Gasteiger partial charge in [0.15, 0.2) is 0 Å². The van der Waals surface area contributed by atoms with Crippen LogP contribution in [0.15, 0.2) is 28.6 Å². The molecule has 0 saturated carbocycles. The number of benzene rings is 1. The monoisotopic (exact) mass is 300 g/mol. The fourth-order valence-electron chi connectivity index (χ4n) is 1.33. The summed E-state index contributed by atoms with van der Waals surface area (Å²) in [4.78, 5) is 10.6. The molecule has 1 aromatic heterocycles. The molecule has 0 aliphatic carbocycles. The number of sulfonamides is 1. The third kappa shape index (κ3) is 2.80. The third-order valence-corrected chi connectivity index (χ3v) is 4.22. The number of nitrogen functional groups attached to an aromatic ring is 1. The number of hydrogen-bond donors (Lipinski definition) is 3. The molecule has 1 heterocycles. The van der Waals surface area contributed by atoms with E-state index < -0.39 is 20.9 Å². The molecule has 0 atom stereocenters. The SMILES string of the molecule is Nc1ccc(C(=O)O)c(S(=O)(=O)Nc2nncs2)c1. The maximum atomic E-state index is 12.1. The van der Waals surface area contributed by atoms with Crippen LogP contribution in [-0.2, 0) is 10.0 Å². The summed E-state index contributed by atoms with van der Waals surface area (Å²) in [6.45, 7) is 0. The summed E-state index contributed by atoms with van der Waals surface area (Å²) in [5, 5.41) is 16.0. The molecule has 100 valence electrons. The van der Waals surface area contributed by atoms with Gasteiger partial charge in [-0.1, -0.05) is 11.3 Å². The van der Waals surface area contributed by atoms with Crippen molar-refractivity contribution in [2.75, 3.05) is 10.5 Å². The number of carboxylic acids is 1. The summed E-state index contributed by atoms with van der Waals surface area (Å²) in [5.74, 6) is -1.36. The highest BCUT2D eigenvalue weighted by Gasteiger charge is 2.23. The van der Waals surface area contributed by atoms with Crippen molar-refractivity contribution in [2.24, 2.45) is 0 Å².